The van der Waals surface area contributed by atoms with Crippen LogP contribution in [0.5, 0.6) is 0 Å². The van der Waals surface area contributed by atoms with Crippen LogP contribution in [-0.2, 0) is 37.4 Å². The first-order valence-electron chi connectivity index (χ1n) is 25.2. The van der Waals surface area contributed by atoms with E-state index in [0.29, 0.717) is 32.1 Å². The Bertz CT molecular complexity index is 1200. The molecule has 1 aliphatic heterocycles. The number of esters is 2. The van der Waals surface area contributed by atoms with E-state index in [1.165, 1.54) is 109 Å². The molecule has 63 heavy (non-hydrogen) atoms. The highest BCUT2D eigenvalue weighted by atomic mass is 31.2. The Balaban J connectivity index is 2.32. The molecule has 0 aromatic rings. The molecule has 0 amide bonds. The van der Waals surface area contributed by atoms with Crippen LogP contribution in [0.2, 0.25) is 0 Å². The monoisotopic (exact) mass is 918 g/mol. The molecule has 0 radical (unpaired) electrons. The van der Waals surface area contributed by atoms with Gasteiger partial charge < -0.3 is 40.2 Å². The topological polar surface area (TPSA) is 204 Å². The second-order valence-corrected chi connectivity index (χ2v) is 19.0. The summed E-state index contributed by atoms with van der Waals surface area (Å²) < 4.78 is 38.6. The Labute approximate surface area is 382 Å². The fourth-order valence-corrected chi connectivity index (χ4v) is 8.56. The smallest absolute Gasteiger partial charge is 0.462 e. The lowest BCUT2D eigenvalue weighted by atomic mass is 9.87. The van der Waals surface area contributed by atoms with E-state index in [1.807, 2.05) is 12.2 Å². The summed E-state index contributed by atoms with van der Waals surface area (Å²) >= 11 is 0. The Morgan fingerprint density at radius 1 is 0.714 bits per heavy atom. The zero-order valence-corrected chi connectivity index (χ0v) is 40.5. The largest absolute Gasteiger partial charge is 0.472 e. The van der Waals surface area contributed by atoms with Gasteiger partial charge in [0.1, 0.15) is 6.61 Å². The maximum atomic E-state index is 12.7. The number of nitrogens with two attached hydrogens (primary N) is 1. The van der Waals surface area contributed by atoms with Crippen LogP contribution in [0, 0.1) is 5.92 Å². The summed E-state index contributed by atoms with van der Waals surface area (Å²) in [5, 5.41) is 31.0. The van der Waals surface area contributed by atoms with Gasteiger partial charge in [-0.3, -0.25) is 18.6 Å². The van der Waals surface area contributed by atoms with E-state index in [4.69, 9.17) is 29.0 Å². The molecule has 2 unspecified atom stereocenters. The third kappa shape index (κ3) is 35.2. The molecule has 1 fully saturated rings. The van der Waals surface area contributed by atoms with Crippen molar-refractivity contribution in [1.82, 2.24) is 0 Å². The van der Waals surface area contributed by atoms with Crippen molar-refractivity contribution in [3.63, 3.8) is 0 Å². The van der Waals surface area contributed by atoms with E-state index in [2.05, 4.69) is 13.8 Å². The molecule has 1 heterocycles. The summed E-state index contributed by atoms with van der Waals surface area (Å²) in [6, 6.07) is 0. The van der Waals surface area contributed by atoms with Crippen molar-refractivity contribution in [1.29, 1.82) is 0 Å². The lowest BCUT2D eigenvalue weighted by Crippen LogP contribution is -2.43. The standard InChI is InChI=1S/C49H92NO12P/c1-3-5-7-8-9-10-11-12-13-14-15-16-17-18-19-20-21-22-23-24-30-34-48(54)61-43(41-60-63(56,57)59-38-37-50)40-58-47(53)33-29-26-25-28-32-44-45(52)39-49(55)62-46(44)36-35-42(51)31-27-6-4-2/h25,28,35-36,42-46,49,51-52,55H,3-24,26-27,29-34,37-41,50H2,1-2H3,(H,56,57)/b28-25-,36-35+/t42-,43+,44-,45-,46+,49?/m0/s1. The molecule has 1 rings (SSSR count). The van der Waals surface area contributed by atoms with E-state index in [9.17, 15) is 34.4 Å². The van der Waals surface area contributed by atoms with Crippen LogP contribution in [0.3, 0.4) is 0 Å². The number of hydrogen-bond donors (Lipinski definition) is 5. The van der Waals surface area contributed by atoms with Crippen molar-refractivity contribution in [2.75, 3.05) is 26.4 Å². The van der Waals surface area contributed by atoms with Gasteiger partial charge in [-0.15, -0.1) is 0 Å². The number of hydrogen-bond acceptors (Lipinski definition) is 12. The molecular formula is C49H92NO12P. The number of rotatable bonds is 43. The molecule has 1 aliphatic rings. The summed E-state index contributed by atoms with van der Waals surface area (Å²) in [7, 11) is -4.45. The van der Waals surface area contributed by atoms with Gasteiger partial charge in [0.25, 0.3) is 0 Å². The van der Waals surface area contributed by atoms with Crippen LogP contribution in [0.4, 0.5) is 0 Å². The number of aliphatic hydroxyl groups excluding tert-OH is 3. The second-order valence-electron chi connectivity index (χ2n) is 17.6. The highest BCUT2D eigenvalue weighted by Gasteiger charge is 2.35. The van der Waals surface area contributed by atoms with Crippen molar-refractivity contribution in [2.24, 2.45) is 11.7 Å². The molecule has 7 atom stereocenters. The van der Waals surface area contributed by atoms with Crippen molar-refractivity contribution < 1.29 is 57.6 Å². The van der Waals surface area contributed by atoms with Gasteiger partial charge in [0, 0.05) is 31.7 Å². The molecule has 0 saturated carbocycles. The molecule has 0 aliphatic carbocycles. The Morgan fingerprint density at radius 2 is 1.24 bits per heavy atom. The highest BCUT2D eigenvalue weighted by molar-refractivity contribution is 7.47. The zero-order chi connectivity index (χ0) is 46.2. The van der Waals surface area contributed by atoms with E-state index >= 15 is 0 Å². The van der Waals surface area contributed by atoms with Crippen LogP contribution < -0.4 is 5.73 Å². The lowest BCUT2D eigenvalue weighted by Gasteiger charge is -2.36. The number of carbonyl (C=O) groups is 2. The van der Waals surface area contributed by atoms with E-state index in [1.54, 1.807) is 12.2 Å². The first-order chi connectivity index (χ1) is 30.5. The van der Waals surface area contributed by atoms with E-state index in [0.717, 1.165) is 38.5 Å². The predicted octanol–water partition coefficient (Wildman–Crippen LogP) is 10.8. The van der Waals surface area contributed by atoms with Crippen LogP contribution in [0.15, 0.2) is 24.3 Å². The van der Waals surface area contributed by atoms with E-state index < -0.39 is 57.1 Å². The normalized spacial score (nSPS) is 20.0. The van der Waals surface area contributed by atoms with Gasteiger partial charge in [-0.25, -0.2) is 4.57 Å². The van der Waals surface area contributed by atoms with Gasteiger partial charge in [0.2, 0.25) is 0 Å². The predicted molar refractivity (Wildman–Crippen MR) is 251 cm³/mol. The number of phosphoric acid groups is 1. The Hall–Kier alpha value is -1.67. The lowest BCUT2D eigenvalue weighted by molar-refractivity contribution is -0.199. The van der Waals surface area contributed by atoms with Crippen molar-refractivity contribution >= 4 is 19.8 Å². The van der Waals surface area contributed by atoms with Gasteiger partial charge in [0.05, 0.1) is 31.5 Å². The third-order valence-electron chi connectivity index (χ3n) is 11.6. The molecule has 0 bridgehead atoms. The van der Waals surface area contributed by atoms with Gasteiger partial charge >= 0.3 is 19.8 Å². The molecule has 1 saturated heterocycles. The molecule has 6 N–H and O–H groups in total. The highest BCUT2D eigenvalue weighted by Crippen LogP contribution is 2.43. The molecule has 370 valence electrons. The van der Waals surface area contributed by atoms with Gasteiger partial charge in [-0.05, 0) is 32.1 Å². The molecular weight excluding hydrogens is 826 g/mol. The first-order valence-corrected chi connectivity index (χ1v) is 26.7. The van der Waals surface area contributed by atoms with Crippen molar-refractivity contribution in [3.8, 4) is 0 Å². The number of phosphoric ester groups is 1. The van der Waals surface area contributed by atoms with Crippen molar-refractivity contribution in [2.45, 2.75) is 244 Å². The van der Waals surface area contributed by atoms with Gasteiger partial charge in [-0.2, -0.15) is 0 Å². The van der Waals surface area contributed by atoms with Crippen molar-refractivity contribution in [3.05, 3.63) is 24.3 Å². The summed E-state index contributed by atoms with van der Waals surface area (Å²) in [6.07, 6.45) is 35.4. The minimum absolute atomic E-state index is 0.0157. The fourth-order valence-electron chi connectivity index (χ4n) is 7.79. The summed E-state index contributed by atoms with van der Waals surface area (Å²) in [4.78, 5) is 35.2. The summed E-state index contributed by atoms with van der Waals surface area (Å²) in [6.45, 7) is 3.35. The van der Waals surface area contributed by atoms with Crippen LogP contribution in [0.1, 0.15) is 213 Å². The molecule has 0 aromatic carbocycles. The number of ether oxygens (including phenoxy) is 3. The fraction of sp³-hybridized carbons (Fsp3) is 0.878. The van der Waals surface area contributed by atoms with Crippen LogP contribution in [-0.4, -0.2) is 89.2 Å². The Kier molecular flexibility index (Phi) is 38.2. The molecule has 0 aromatic heterocycles. The van der Waals surface area contributed by atoms with Crippen LogP contribution >= 0.6 is 7.82 Å². The van der Waals surface area contributed by atoms with Crippen LogP contribution in [0.25, 0.3) is 0 Å². The molecule has 13 nitrogen and oxygen atoms in total. The third-order valence-corrected chi connectivity index (χ3v) is 12.6. The van der Waals surface area contributed by atoms with Gasteiger partial charge in [0.15, 0.2) is 12.4 Å². The quantitative estimate of drug-likeness (QED) is 0.0167. The average Bonchev–Trinajstić information content (AvgIpc) is 3.25. The molecule has 0 spiro atoms. The number of aliphatic hydroxyl groups is 3. The number of allylic oxidation sites excluding steroid dienone is 2. The zero-order valence-electron chi connectivity index (χ0n) is 39.6. The Morgan fingerprint density at radius 3 is 1.79 bits per heavy atom. The minimum Gasteiger partial charge on any atom is -0.462 e. The first kappa shape index (κ1) is 59.3. The summed E-state index contributed by atoms with van der Waals surface area (Å²) in [5.41, 5.74) is 5.36. The second kappa shape index (κ2) is 40.6. The maximum Gasteiger partial charge on any atom is 0.472 e. The maximum absolute atomic E-state index is 12.7. The average molecular weight is 918 g/mol. The minimum atomic E-state index is -4.45. The number of unbranched alkanes of at least 4 members (excludes halogenated alkanes) is 23. The number of carbonyl (C=O) groups excluding carboxylic acids is 2. The molecule has 14 heteroatoms. The summed E-state index contributed by atoms with van der Waals surface area (Å²) in [5.74, 6) is -1.32. The van der Waals surface area contributed by atoms with E-state index in [-0.39, 0.29) is 44.9 Å². The van der Waals surface area contributed by atoms with Gasteiger partial charge in [-0.1, -0.05) is 186 Å². The SMILES string of the molecule is CCCCCCCCCCCCCCCCCCCCCCCC(=O)O[C@H](COC(=O)CCC/C=C\C[C@H]1[C@@H](O)CC(O)O[C@@H]1/C=C/[C@@H](O)CCCCC)COP(=O)(O)OCCN.